The number of pyridine rings is 1. The number of nitrogen functional groups attached to an aromatic ring is 1. The first kappa shape index (κ1) is 13.2. The average Bonchev–Trinajstić information content (AvgIpc) is 2.22. The van der Waals surface area contributed by atoms with Crippen LogP contribution in [0.15, 0.2) is 18.3 Å². The molecule has 0 unspecified atom stereocenters. The highest BCUT2D eigenvalue weighted by atomic mass is 31.2. The highest BCUT2D eigenvalue weighted by Crippen LogP contribution is 2.51. The Morgan fingerprint density at radius 2 is 2.00 bits per heavy atom. The molecule has 0 spiro atoms. The van der Waals surface area contributed by atoms with Crippen LogP contribution >= 0.6 is 7.60 Å². The van der Waals surface area contributed by atoms with E-state index in [0.717, 1.165) is 0 Å². The smallest absolute Gasteiger partial charge is 0.335 e. The third-order valence-corrected chi connectivity index (χ3v) is 3.97. The molecular formula is C10H17N2O3P. The summed E-state index contributed by atoms with van der Waals surface area (Å²) in [5.41, 5.74) is 6.36. The quantitative estimate of drug-likeness (QED) is 0.778. The Bertz CT molecular complexity index is 374. The van der Waals surface area contributed by atoms with Gasteiger partial charge >= 0.3 is 7.60 Å². The third kappa shape index (κ3) is 3.59. The molecular weight excluding hydrogens is 227 g/mol. The van der Waals surface area contributed by atoms with E-state index in [1.165, 1.54) is 0 Å². The van der Waals surface area contributed by atoms with E-state index < -0.39 is 7.60 Å². The number of nitrogens with two attached hydrogens (primary N) is 1. The van der Waals surface area contributed by atoms with Crippen LogP contribution in [0.4, 0.5) is 5.82 Å². The van der Waals surface area contributed by atoms with Gasteiger partial charge in [-0.15, -0.1) is 0 Å². The van der Waals surface area contributed by atoms with Crippen LogP contribution in [0.3, 0.4) is 0 Å². The van der Waals surface area contributed by atoms with E-state index in [1.54, 1.807) is 32.2 Å². The molecule has 90 valence electrons. The van der Waals surface area contributed by atoms with E-state index in [1.807, 2.05) is 0 Å². The molecule has 0 aliphatic carbocycles. The molecule has 0 saturated heterocycles. The lowest BCUT2D eigenvalue weighted by molar-refractivity contribution is 0.219. The number of hydrogen-bond donors (Lipinski definition) is 1. The minimum absolute atomic E-state index is 0.161. The van der Waals surface area contributed by atoms with Gasteiger partial charge in [0, 0.05) is 11.8 Å². The molecule has 2 N–H and O–H groups in total. The van der Waals surface area contributed by atoms with Gasteiger partial charge in [0.2, 0.25) is 0 Å². The van der Waals surface area contributed by atoms with Gasteiger partial charge in [0.1, 0.15) is 5.82 Å². The summed E-state index contributed by atoms with van der Waals surface area (Å²) in [7, 11) is -3.09. The lowest BCUT2D eigenvalue weighted by Crippen LogP contribution is -2.02. The fourth-order valence-corrected chi connectivity index (χ4v) is 3.04. The molecule has 0 amide bonds. The molecule has 1 aromatic heterocycles. The summed E-state index contributed by atoms with van der Waals surface area (Å²) >= 11 is 0. The molecule has 1 aromatic rings. The van der Waals surface area contributed by atoms with Crippen molar-refractivity contribution in [1.82, 2.24) is 4.98 Å². The van der Waals surface area contributed by atoms with Crippen molar-refractivity contribution in [2.45, 2.75) is 20.0 Å². The van der Waals surface area contributed by atoms with Crippen molar-refractivity contribution in [3.8, 4) is 0 Å². The van der Waals surface area contributed by atoms with Gasteiger partial charge in [-0.1, -0.05) is 6.07 Å². The van der Waals surface area contributed by atoms with E-state index in [-0.39, 0.29) is 6.16 Å². The summed E-state index contributed by atoms with van der Waals surface area (Å²) in [5, 5.41) is 0. The topological polar surface area (TPSA) is 74.4 Å². The second kappa shape index (κ2) is 5.99. The molecule has 0 fully saturated rings. The van der Waals surface area contributed by atoms with Crippen molar-refractivity contribution in [1.29, 1.82) is 0 Å². The summed E-state index contributed by atoms with van der Waals surface area (Å²) in [6.07, 6.45) is 1.75. The molecule has 0 bridgehead atoms. The largest absolute Gasteiger partial charge is 0.383 e. The Balaban J connectivity index is 2.83. The van der Waals surface area contributed by atoms with Gasteiger partial charge in [0.25, 0.3) is 0 Å². The zero-order valence-electron chi connectivity index (χ0n) is 9.55. The maximum absolute atomic E-state index is 12.2. The minimum atomic E-state index is -3.09. The van der Waals surface area contributed by atoms with Crippen LogP contribution in [0, 0.1) is 0 Å². The number of nitrogens with zero attached hydrogens (tertiary/aromatic N) is 1. The molecule has 0 saturated carbocycles. The van der Waals surface area contributed by atoms with E-state index >= 15 is 0 Å². The second-order valence-corrected chi connectivity index (χ2v) is 5.21. The lowest BCUT2D eigenvalue weighted by Gasteiger charge is -2.17. The fourth-order valence-electron chi connectivity index (χ4n) is 1.32. The lowest BCUT2D eigenvalue weighted by atomic mass is 10.3. The first-order chi connectivity index (χ1) is 7.61. The molecule has 6 heteroatoms. The van der Waals surface area contributed by atoms with E-state index in [4.69, 9.17) is 14.8 Å². The van der Waals surface area contributed by atoms with Crippen molar-refractivity contribution in [2.24, 2.45) is 0 Å². The van der Waals surface area contributed by atoms with Crippen LogP contribution in [0.2, 0.25) is 0 Å². The first-order valence-electron chi connectivity index (χ1n) is 5.18. The number of hydrogen-bond acceptors (Lipinski definition) is 5. The van der Waals surface area contributed by atoms with Gasteiger partial charge in [-0.25, -0.2) is 4.98 Å². The van der Waals surface area contributed by atoms with Crippen molar-refractivity contribution in [3.05, 3.63) is 23.9 Å². The third-order valence-electron chi connectivity index (χ3n) is 1.94. The summed E-state index contributed by atoms with van der Waals surface area (Å²) in [6.45, 7) is 4.24. The van der Waals surface area contributed by atoms with Crippen LogP contribution in [0.25, 0.3) is 0 Å². The molecule has 0 aliphatic heterocycles. The van der Waals surface area contributed by atoms with Crippen LogP contribution in [-0.2, 0) is 19.8 Å². The van der Waals surface area contributed by atoms with Crippen molar-refractivity contribution in [3.63, 3.8) is 0 Å². The Morgan fingerprint density at radius 3 is 2.50 bits per heavy atom. The standard InChI is InChI=1S/C10H17N2O3P/c1-3-14-16(13,15-4-2)8-9-6-5-7-12-10(9)11/h5-7H,3-4,8H2,1-2H3,(H2,11,12). The normalized spacial score (nSPS) is 11.6. The van der Waals surface area contributed by atoms with E-state index in [2.05, 4.69) is 4.98 Å². The zero-order chi connectivity index (χ0) is 12.0. The van der Waals surface area contributed by atoms with Gasteiger partial charge in [0.05, 0.1) is 19.4 Å². The first-order valence-corrected chi connectivity index (χ1v) is 6.91. The average molecular weight is 244 g/mol. The highest BCUT2D eigenvalue weighted by Gasteiger charge is 2.25. The van der Waals surface area contributed by atoms with Crippen LogP contribution in [0.5, 0.6) is 0 Å². The molecule has 1 heterocycles. The predicted molar refractivity (Wildman–Crippen MR) is 63.2 cm³/mol. The molecule has 5 nitrogen and oxygen atoms in total. The molecule has 0 aromatic carbocycles. The van der Waals surface area contributed by atoms with Gasteiger partial charge < -0.3 is 14.8 Å². The van der Waals surface area contributed by atoms with Gasteiger partial charge in [-0.05, 0) is 19.9 Å². The number of rotatable bonds is 6. The summed E-state index contributed by atoms with van der Waals surface area (Å²) < 4.78 is 22.6. The monoisotopic (exact) mass is 244 g/mol. The fraction of sp³-hybridized carbons (Fsp3) is 0.500. The Hall–Kier alpha value is -0.900. The van der Waals surface area contributed by atoms with Crippen molar-refractivity contribution >= 4 is 13.4 Å². The molecule has 0 aliphatic rings. The van der Waals surface area contributed by atoms with Gasteiger partial charge in [-0.3, -0.25) is 4.57 Å². The molecule has 0 atom stereocenters. The molecule has 1 rings (SSSR count). The van der Waals surface area contributed by atoms with Gasteiger partial charge in [0.15, 0.2) is 0 Å². The van der Waals surface area contributed by atoms with Crippen molar-refractivity contribution < 1.29 is 13.6 Å². The van der Waals surface area contributed by atoms with Crippen LogP contribution in [-0.4, -0.2) is 18.2 Å². The predicted octanol–water partition coefficient (Wildman–Crippen LogP) is 2.43. The Labute approximate surface area is 95.5 Å². The summed E-state index contributed by atoms with van der Waals surface area (Å²) in [5.74, 6) is 0.363. The molecule has 0 radical (unpaired) electrons. The molecule has 16 heavy (non-hydrogen) atoms. The van der Waals surface area contributed by atoms with Crippen molar-refractivity contribution in [2.75, 3.05) is 18.9 Å². The zero-order valence-corrected chi connectivity index (χ0v) is 10.4. The maximum atomic E-state index is 12.2. The summed E-state index contributed by atoms with van der Waals surface area (Å²) in [4.78, 5) is 3.93. The maximum Gasteiger partial charge on any atom is 0.335 e. The van der Waals surface area contributed by atoms with E-state index in [9.17, 15) is 4.57 Å². The Kier molecular flexibility index (Phi) is 4.93. The van der Waals surface area contributed by atoms with Crippen LogP contribution in [0.1, 0.15) is 19.4 Å². The minimum Gasteiger partial charge on any atom is -0.383 e. The Morgan fingerprint density at radius 1 is 1.38 bits per heavy atom. The number of anilines is 1. The summed E-state index contributed by atoms with van der Waals surface area (Å²) in [6, 6.07) is 3.51. The SMILES string of the molecule is CCOP(=O)(Cc1cccnc1N)OCC. The second-order valence-electron chi connectivity index (χ2n) is 3.15. The highest BCUT2D eigenvalue weighted by molar-refractivity contribution is 7.53. The van der Waals surface area contributed by atoms with E-state index in [0.29, 0.717) is 24.6 Å². The number of aromatic nitrogens is 1. The van der Waals surface area contributed by atoms with Crippen LogP contribution < -0.4 is 5.73 Å². The van der Waals surface area contributed by atoms with Gasteiger partial charge in [-0.2, -0.15) is 0 Å².